The van der Waals surface area contributed by atoms with Crippen LogP contribution in [0.5, 0.6) is 0 Å². The number of nitrogens with zero attached hydrogens (tertiary/aromatic N) is 1. The molecule has 0 bridgehead atoms. The molecular formula is C16H20ClFN2O2. The van der Waals surface area contributed by atoms with E-state index in [9.17, 15) is 14.0 Å². The summed E-state index contributed by atoms with van der Waals surface area (Å²) in [5.74, 6) is -1.38. The summed E-state index contributed by atoms with van der Waals surface area (Å²) in [5.41, 5.74) is 0.444. The molecule has 1 saturated heterocycles. The molecule has 1 fully saturated rings. The Balaban J connectivity index is 1.81. The van der Waals surface area contributed by atoms with Crippen LogP contribution in [0.15, 0.2) is 18.2 Å². The van der Waals surface area contributed by atoms with Crippen LogP contribution < -0.4 is 5.32 Å². The number of rotatable bonds is 5. The third-order valence-corrected chi connectivity index (χ3v) is 4.18. The molecule has 0 aromatic heterocycles. The predicted molar refractivity (Wildman–Crippen MR) is 83.4 cm³/mol. The number of nitrogens with one attached hydrogen (secondary N) is 1. The van der Waals surface area contributed by atoms with Crippen molar-refractivity contribution in [2.45, 2.75) is 19.3 Å². The molecule has 22 heavy (non-hydrogen) atoms. The topological polar surface area (TPSA) is 49.4 Å². The third kappa shape index (κ3) is 4.78. The quantitative estimate of drug-likeness (QED) is 0.843. The summed E-state index contributed by atoms with van der Waals surface area (Å²) in [4.78, 5) is 25.9. The van der Waals surface area contributed by atoms with Crippen LogP contribution in [0, 0.1) is 11.7 Å². The Morgan fingerprint density at radius 1 is 1.45 bits per heavy atom. The summed E-state index contributed by atoms with van der Waals surface area (Å²) in [6.07, 6.45) is 2.04. The van der Waals surface area contributed by atoms with Gasteiger partial charge in [-0.05, 0) is 50.0 Å². The highest BCUT2D eigenvalue weighted by Gasteiger charge is 2.20. The normalized spacial score (nSPS) is 19.0. The Labute approximate surface area is 134 Å². The number of Topliss-reactive ketones (excluding diaryl/α,β-unsaturated/α-hetero) is 1. The molecule has 1 aromatic rings. The van der Waals surface area contributed by atoms with Crippen molar-refractivity contribution in [2.75, 3.05) is 26.7 Å². The molecule has 2 rings (SSSR count). The van der Waals surface area contributed by atoms with Crippen LogP contribution >= 0.6 is 11.6 Å². The maximum atomic E-state index is 13.3. The first kappa shape index (κ1) is 16.9. The van der Waals surface area contributed by atoms with E-state index in [0.717, 1.165) is 25.9 Å². The van der Waals surface area contributed by atoms with E-state index in [2.05, 4.69) is 10.2 Å². The fourth-order valence-electron chi connectivity index (χ4n) is 2.69. The predicted octanol–water partition coefficient (Wildman–Crippen LogP) is 2.05. The van der Waals surface area contributed by atoms with E-state index < -0.39 is 17.5 Å². The maximum Gasteiger partial charge on any atom is 0.287 e. The molecule has 0 aliphatic carbocycles. The van der Waals surface area contributed by atoms with Gasteiger partial charge in [0, 0.05) is 19.5 Å². The second-order valence-corrected chi connectivity index (χ2v) is 6.24. The third-order valence-electron chi connectivity index (χ3n) is 3.88. The largest absolute Gasteiger partial charge is 0.349 e. The molecule has 1 aromatic carbocycles. The zero-order valence-corrected chi connectivity index (χ0v) is 13.3. The smallest absolute Gasteiger partial charge is 0.287 e. The maximum absolute atomic E-state index is 13.3. The Bertz CT molecular complexity index is 565. The van der Waals surface area contributed by atoms with Gasteiger partial charge in [-0.25, -0.2) is 4.39 Å². The molecule has 6 heteroatoms. The summed E-state index contributed by atoms with van der Waals surface area (Å²) in [6.45, 7) is 2.51. The Morgan fingerprint density at radius 3 is 2.91 bits per heavy atom. The van der Waals surface area contributed by atoms with Crippen LogP contribution in [-0.4, -0.2) is 43.3 Å². The molecule has 1 amide bonds. The molecule has 1 N–H and O–H groups in total. The Kier molecular flexibility index (Phi) is 5.91. The fraction of sp³-hybridized carbons (Fsp3) is 0.500. The summed E-state index contributed by atoms with van der Waals surface area (Å²) < 4.78 is 13.3. The zero-order chi connectivity index (χ0) is 16.1. The lowest BCUT2D eigenvalue weighted by atomic mass is 9.98. The number of likely N-dealkylation sites (tertiary alicyclic amines) is 1. The highest BCUT2D eigenvalue weighted by molar-refractivity contribution is 6.36. The Hall–Kier alpha value is -1.46. The monoisotopic (exact) mass is 326 g/mol. The van der Waals surface area contributed by atoms with Crippen molar-refractivity contribution in [1.29, 1.82) is 0 Å². The van der Waals surface area contributed by atoms with E-state index in [1.54, 1.807) is 6.07 Å². The minimum atomic E-state index is -0.608. The van der Waals surface area contributed by atoms with Gasteiger partial charge in [-0.2, -0.15) is 0 Å². The SMILES string of the molecule is CN1CCCC(CNC(=O)C(=O)Cc2ccc(Cl)c(F)c2)C1. The van der Waals surface area contributed by atoms with Crippen molar-refractivity contribution in [3.63, 3.8) is 0 Å². The van der Waals surface area contributed by atoms with Crippen LogP contribution in [-0.2, 0) is 16.0 Å². The summed E-state index contributed by atoms with van der Waals surface area (Å²) >= 11 is 5.58. The van der Waals surface area contributed by atoms with Crippen molar-refractivity contribution >= 4 is 23.3 Å². The number of carbonyl (C=O) groups excluding carboxylic acids is 2. The van der Waals surface area contributed by atoms with Gasteiger partial charge >= 0.3 is 0 Å². The molecule has 1 heterocycles. The number of piperidine rings is 1. The van der Waals surface area contributed by atoms with E-state index in [1.165, 1.54) is 12.1 Å². The Morgan fingerprint density at radius 2 is 2.23 bits per heavy atom. The molecule has 1 aliphatic rings. The highest BCUT2D eigenvalue weighted by Crippen LogP contribution is 2.16. The van der Waals surface area contributed by atoms with Crippen molar-refractivity contribution in [3.8, 4) is 0 Å². The molecular weight excluding hydrogens is 307 g/mol. The zero-order valence-electron chi connectivity index (χ0n) is 12.6. The van der Waals surface area contributed by atoms with Gasteiger partial charge in [0.05, 0.1) is 5.02 Å². The van der Waals surface area contributed by atoms with Gasteiger partial charge in [-0.1, -0.05) is 17.7 Å². The summed E-state index contributed by atoms with van der Waals surface area (Å²) in [7, 11) is 2.05. The van der Waals surface area contributed by atoms with Gasteiger partial charge in [0.1, 0.15) is 5.82 Å². The first-order chi connectivity index (χ1) is 10.5. The highest BCUT2D eigenvalue weighted by atomic mass is 35.5. The van der Waals surface area contributed by atoms with E-state index in [0.29, 0.717) is 18.0 Å². The van der Waals surface area contributed by atoms with Crippen molar-refractivity contribution in [3.05, 3.63) is 34.6 Å². The minimum absolute atomic E-state index is 0.00192. The second kappa shape index (κ2) is 7.70. The molecule has 0 saturated carbocycles. The number of amides is 1. The molecule has 1 unspecified atom stereocenters. The summed E-state index contributed by atoms with van der Waals surface area (Å²) in [6, 6.07) is 4.12. The van der Waals surface area contributed by atoms with Crippen LogP contribution in [0.4, 0.5) is 4.39 Å². The van der Waals surface area contributed by atoms with Crippen molar-refractivity contribution < 1.29 is 14.0 Å². The van der Waals surface area contributed by atoms with Crippen molar-refractivity contribution in [2.24, 2.45) is 5.92 Å². The molecule has 1 aliphatic heterocycles. The number of ketones is 1. The average Bonchev–Trinajstić information content (AvgIpc) is 2.48. The lowest BCUT2D eigenvalue weighted by molar-refractivity contribution is -0.137. The number of hydrogen-bond donors (Lipinski definition) is 1. The standard InChI is InChI=1S/C16H20ClFN2O2/c1-20-6-2-3-12(10-20)9-19-16(22)15(21)8-11-4-5-13(17)14(18)7-11/h4-5,7,12H,2-3,6,8-10H2,1H3,(H,19,22). The van der Waals surface area contributed by atoms with E-state index >= 15 is 0 Å². The molecule has 1 atom stereocenters. The lowest BCUT2D eigenvalue weighted by Crippen LogP contribution is -2.41. The van der Waals surface area contributed by atoms with Gasteiger partial charge in [-0.15, -0.1) is 0 Å². The molecule has 0 radical (unpaired) electrons. The van der Waals surface area contributed by atoms with Gasteiger partial charge in [0.15, 0.2) is 0 Å². The van der Waals surface area contributed by atoms with Crippen LogP contribution in [0.2, 0.25) is 5.02 Å². The van der Waals surface area contributed by atoms with Crippen LogP contribution in [0.25, 0.3) is 0 Å². The molecule has 120 valence electrons. The fourth-order valence-corrected chi connectivity index (χ4v) is 2.81. The number of benzene rings is 1. The second-order valence-electron chi connectivity index (χ2n) is 5.83. The van der Waals surface area contributed by atoms with Gasteiger partial charge in [0.2, 0.25) is 5.78 Å². The van der Waals surface area contributed by atoms with Crippen LogP contribution in [0.1, 0.15) is 18.4 Å². The number of carbonyl (C=O) groups is 2. The van der Waals surface area contributed by atoms with Crippen LogP contribution in [0.3, 0.4) is 0 Å². The average molecular weight is 327 g/mol. The first-order valence-corrected chi connectivity index (χ1v) is 7.77. The van der Waals surface area contributed by atoms with Crippen molar-refractivity contribution in [1.82, 2.24) is 10.2 Å². The number of hydrogen-bond acceptors (Lipinski definition) is 3. The van der Waals surface area contributed by atoms with E-state index in [1.807, 2.05) is 7.05 Å². The molecule has 0 spiro atoms. The van der Waals surface area contributed by atoms with E-state index in [4.69, 9.17) is 11.6 Å². The first-order valence-electron chi connectivity index (χ1n) is 7.39. The minimum Gasteiger partial charge on any atom is -0.349 e. The van der Waals surface area contributed by atoms with Gasteiger partial charge in [0.25, 0.3) is 5.91 Å². The van der Waals surface area contributed by atoms with E-state index in [-0.39, 0.29) is 11.4 Å². The lowest BCUT2D eigenvalue weighted by Gasteiger charge is -2.29. The summed E-state index contributed by atoms with van der Waals surface area (Å²) in [5, 5.41) is 2.69. The van der Waals surface area contributed by atoms with Gasteiger partial charge in [-0.3, -0.25) is 9.59 Å². The number of halogens is 2. The van der Waals surface area contributed by atoms with Gasteiger partial charge < -0.3 is 10.2 Å². The molecule has 4 nitrogen and oxygen atoms in total.